The topological polar surface area (TPSA) is 17.1 Å². The first kappa shape index (κ1) is 13.0. The van der Waals surface area contributed by atoms with E-state index in [1.54, 1.807) is 0 Å². The lowest BCUT2D eigenvalue weighted by molar-refractivity contribution is 0.0992. The van der Waals surface area contributed by atoms with E-state index in [1.807, 2.05) is 48.5 Å². The van der Waals surface area contributed by atoms with Crippen LogP contribution in [-0.4, -0.2) is 5.78 Å². The van der Waals surface area contributed by atoms with Crippen molar-refractivity contribution in [2.45, 2.75) is 19.8 Å². The van der Waals surface area contributed by atoms with Gasteiger partial charge < -0.3 is 0 Å². The summed E-state index contributed by atoms with van der Waals surface area (Å²) in [5.41, 5.74) is 3.01. The minimum Gasteiger partial charge on any atom is -0.294 e. The Morgan fingerprint density at radius 2 is 1.89 bits per heavy atom. The molecule has 0 spiro atoms. The van der Waals surface area contributed by atoms with E-state index in [-0.39, 0.29) is 5.78 Å². The summed E-state index contributed by atoms with van der Waals surface area (Å²) in [5, 5.41) is 0. The number of carbonyl (C=O) groups is 1. The molecule has 18 heavy (non-hydrogen) atoms. The molecule has 0 unspecified atom stereocenters. The lowest BCUT2D eigenvalue weighted by Gasteiger charge is -2.07. The highest BCUT2D eigenvalue weighted by Crippen LogP contribution is 2.16. The van der Waals surface area contributed by atoms with E-state index in [0.717, 1.165) is 27.6 Å². The second-order valence-corrected chi connectivity index (χ2v) is 5.16. The highest BCUT2D eigenvalue weighted by atomic mass is 79.9. The minimum atomic E-state index is 0.186. The van der Waals surface area contributed by atoms with Gasteiger partial charge in [0.2, 0.25) is 0 Å². The summed E-state index contributed by atoms with van der Waals surface area (Å²) in [7, 11) is 0. The van der Waals surface area contributed by atoms with Gasteiger partial charge >= 0.3 is 0 Å². The highest BCUT2D eigenvalue weighted by Gasteiger charge is 2.10. The first-order valence-electron chi connectivity index (χ1n) is 6.06. The van der Waals surface area contributed by atoms with Crippen molar-refractivity contribution in [3.05, 3.63) is 69.7 Å². The van der Waals surface area contributed by atoms with E-state index in [9.17, 15) is 4.79 Å². The maximum atomic E-state index is 12.3. The summed E-state index contributed by atoms with van der Waals surface area (Å²) >= 11 is 3.43. The Hall–Kier alpha value is -1.41. The average molecular weight is 303 g/mol. The summed E-state index contributed by atoms with van der Waals surface area (Å²) in [6.45, 7) is 2.07. The zero-order valence-corrected chi connectivity index (χ0v) is 11.9. The zero-order valence-electron chi connectivity index (χ0n) is 10.3. The van der Waals surface area contributed by atoms with Gasteiger partial charge in [0.15, 0.2) is 5.78 Å². The molecule has 92 valence electrons. The van der Waals surface area contributed by atoms with Crippen LogP contribution in [0.2, 0.25) is 0 Å². The lowest BCUT2D eigenvalue weighted by atomic mass is 9.97. The first-order chi connectivity index (χ1) is 8.70. The van der Waals surface area contributed by atoms with Crippen molar-refractivity contribution < 1.29 is 4.79 Å². The Kier molecular flexibility index (Phi) is 4.32. The summed E-state index contributed by atoms with van der Waals surface area (Å²) in [6.07, 6.45) is 1.34. The van der Waals surface area contributed by atoms with Gasteiger partial charge in [-0.3, -0.25) is 4.79 Å². The van der Waals surface area contributed by atoms with Gasteiger partial charge in [-0.05, 0) is 29.7 Å². The van der Waals surface area contributed by atoms with Gasteiger partial charge in [0.05, 0.1) is 0 Å². The third-order valence-electron chi connectivity index (χ3n) is 2.95. The molecule has 0 atom stereocenters. The molecule has 0 aromatic heterocycles. The standard InChI is InChI=1S/C16H15BrO/c1-2-13-7-3-4-9-15(13)16(18)11-12-6-5-8-14(17)10-12/h3-10H,2,11H2,1H3. The SMILES string of the molecule is CCc1ccccc1C(=O)Cc1cccc(Br)c1. The summed E-state index contributed by atoms with van der Waals surface area (Å²) in [4.78, 5) is 12.3. The number of carbonyl (C=O) groups excluding carboxylic acids is 1. The van der Waals surface area contributed by atoms with Gasteiger partial charge in [-0.2, -0.15) is 0 Å². The van der Waals surface area contributed by atoms with Crippen molar-refractivity contribution >= 4 is 21.7 Å². The Morgan fingerprint density at radius 3 is 2.61 bits per heavy atom. The largest absolute Gasteiger partial charge is 0.294 e. The molecule has 0 N–H and O–H groups in total. The van der Waals surface area contributed by atoms with Gasteiger partial charge in [-0.15, -0.1) is 0 Å². The number of halogens is 1. The van der Waals surface area contributed by atoms with E-state index in [1.165, 1.54) is 0 Å². The molecule has 0 aliphatic rings. The average Bonchev–Trinajstić information content (AvgIpc) is 2.38. The smallest absolute Gasteiger partial charge is 0.167 e. The molecule has 2 aromatic carbocycles. The van der Waals surface area contributed by atoms with Crippen LogP contribution in [0.3, 0.4) is 0 Å². The maximum Gasteiger partial charge on any atom is 0.167 e. The number of ketones is 1. The van der Waals surface area contributed by atoms with Gasteiger partial charge in [0.1, 0.15) is 0 Å². The van der Waals surface area contributed by atoms with Crippen LogP contribution in [0.4, 0.5) is 0 Å². The van der Waals surface area contributed by atoms with Crippen molar-refractivity contribution in [1.82, 2.24) is 0 Å². The quantitative estimate of drug-likeness (QED) is 0.763. The molecule has 2 aromatic rings. The third-order valence-corrected chi connectivity index (χ3v) is 3.45. The van der Waals surface area contributed by atoms with Gasteiger partial charge in [0, 0.05) is 16.5 Å². The van der Waals surface area contributed by atoms with Crippen molar-refractivity contribution in [3.8, 4) is 0 Å². The highest BCUT2D eigenvalue weighted by molar-refractivity contribution is 9.10. The van der Waals surface area contributed by atoms with E-state index in [2.05, 4.69) is 22.9 Å². The molecule has 2 heteroatoms. The summed E-state index contributed by atoms with van der Waals surface area (Å²) in [6, 6.07) is 15.7. The van der Waals surface area contributed by atoms with Crippen molar-refractivity contribution in [3.63, 3.8) is 0 Å². The van der Waals surface area contributed by atoms with Crippen LogP contribution in [0.5, 0.6) is 0 Å². The predicted octanol–water partition coefficient (Wildman–Crippen LogP) is 4.44. The second kappa shape index (κ2) is 5.96. The van der Waals surface area contributed by atoms with Crippen molar-refractivity contribution in [2.24, 2.45) is 0 Å². The fourth-order valence-electron chi connectivity index (χ4n) is 2.03. The number of hydrogen-bond acceptors (Lipinski definition) is 1. The minimum absolute atomic E-state index is 0.186. The molecule has 0 aliphatic carbocycles. The lowest BCUT2D eigenvalue weighted by Crippen LogP contribution is -2.06. The number of benzene rings is 2. The van der Waals surface area contributed by atoms with E-state index < -0.39 is 0 Å². The number of aryl methyl sites for hydroxylation is 1. The van der Waals surface area contributed by atoms with Gasteiger partial charge in [-0.25, -0.2) is 0 Å². The molecule has 0 saturated heterocycles. The van der Waals surface area contributed by atoms with Crippen LogP contribution >= 0.6 is 15.9 Å². The number of rotatable bonds is 4. The van der Waals surface area contributed by atoms with Gasteiger partial charge in [-0.1, -0.05) is 59.3 Å². The molecule has 0 saturated carbocycles. The normalized spacial score (nSPS) is 10.3. The second-order valence-electron chi connectivity index (χ2n) is 4.24. The molecule has 0 heterocycles. The maximum absolute atomic E-state index is 12.3. The fourth-order valence-corrected chi connectivity index (χ4v) is 2.47. The first-order valence-corrected chi connectivity index (χ1v) is 6.85. The Balaban J connectivity index is 2.22. The molecular weight excluding hydrogens is 288 g/mol. The van der Waals surface area contributed by atoms with Crippen LogP contribution in [0.15, 0.2) is 53.0 Å². The molecule has 0 bridgehead atoms. The van der Waals surface area contributed by atoms with E-state index >= 15 is 0 Å². The summed E-state index contributed by atoms with van der Waals surface area (Å²) < 4.78 is 1.01. The molecule has 0 fully saturated rings. The fraction of sp³-hybridized carbons (Fsp3) is 0.188. The van der Waals surface area contributed by atoms with Crippen LogP contribution in [-0.2, 0) is 12.8 Å². The van der Waals surface area contributed by atoms with Crippen molar-refractivity contribution in [1.29, 1.82) is 0 Å². The number of hydrogen-bond donors (Lipinski definition) is 0. The van der Waals surface area contributed by atoms with Crippen molar-refractivity contribution in [2.75, 3.05) is 0 Å². The van der Waals surface area contributed by atoms with Crippen LogP contribution in [0.25, 0.3) is 0 Å². The monoisotopic (exact) mass is 302 g/mol. The van der Waals surface area contributed by atoms with E-state index in [0.29, 0.717) is 6.42 Å². The molecular formula is C16H15BrO. The molecule has 0 amide bonds. The van der Waals surface area contributed by atoms with Crippen LogP contribution in [0, 0.1) is 0 Å². The zero-order chi connectivity index (χ0) is 13.0. The summed E-state index contributed by atoms with van der Waals surface area (Å²) in [5.74, 6) is 0.186. The number of Topliss-reactive ketones (excluding diaryl/α,β-unsaturated/α-hetero) is 1. The molecule has 1 nitrogen and oxygen atoms in total. The molecule has 0 radical (unpaired) electrons. The molecule has 0 aliphatic heterocycles. The Morgan fingerprint density at radius 1 is 1.11 bits per heavy atom. The predicted molar refractivity (Wildman–Crippen MR) is 78.0 cm³/mol. The Bertz CT molecular complexity index is 561. The Labute approximate surface area is 116 Å². The molecule has 2 rings (SSSR count). The van der Waals surface area contributed by atoms with Crippen LogP contribution < -0.4 is 0 Å². The third kappa shape index (κ3) is 3.08. The van der Waals surface area contributed by atoms with Gasteiger partial charge in [0.25, 0.3) is 0 Å². The van der Waals surface area contributed by atoms with E-state index in [4.69, 9.17) is 0 Å². The van der Waals surface area contributed by atoms with Crippen LogP contribution in [0.1, 0.15) is 28.4 Å².